The number of imidazole rings is 1. The summed E-state index contributed by atoms with van der Waals surface area (Å²) in [5, 5.41) is 3.82. The lowest BCUT2D eigenvalue weighted by atomic mass is 10.3. The number of hydrogen-bond donors (Lipinski definition) is 1. The molecule has 1 atom stereocenters. The zero-order chi connectivity index (χ0) is 9.97. The SMILES string of the molecule is CCC(Br)c1nc(-c2ncc[nH]2)no1. The molecule has 0 spiro atoms. The molecule has 2 aromatic heterocycles. The third-order valence-corrected chi connectivity index (χ3v) is 2.82. The van der Waals surface area contributed by atoms with Crippen LogP contribution in [0.15, 0.2) is 16.9 Å². The fourth-order valence-electron chi connectivity index (χ4n) is 1.02. The van der Waals surface area contributed by atoms with Gasteiger partial charge in [0.05, 0.1) is 4.83 Å². The van der Waals surface area contributed by atoms with Gasteiger partial charge in [0.2, 0.25) is 11.7 Å². The van der Waals surface area contributed by atoms with Gasteiger partial charge in [-0.3, -0.25) is 0 Å². The van der Waals surface area contributed by atoms with Crippen LogP contribution in [0.5, 0.6) is 0 Å². The molecule has 0 aliphatic heterocycles. The summed E-state index contributed by atoms with van der Waals surface area (Å²) in [7, 11) is 0. The second kappa shape index (κ2) is 3.91. The minimum Gasteiger partial charge on any atom is -0.342 e. The molecule has 0 saturated carbocycles. The van der Waals surface area contributed by atoms with Crippen molar-refractivity contribution >= 4 is 15.9 Å². The van der Waals surface area contributed by atoms with Gasteiger partial charge in [-0.25, -0.2) is 4.98 Å². The van der Waals surface area contributed by atoms with Gasteiger partial charge in [-0.05, 0) is 6.42 Å². The molecule has 1 unspecified atom stereocenters. The fourth-order valence-corrected chi connectivity index (χ4v) is 1.21. The zero-order valence-electron chi connectivity index (χ0n) is 7.57. The van der Waals surface area contributed by atoms with E-state index in [1.165, 1.54) is 0 Å². The van der Waals surface area contributed by atoms with Gasteiger partial charge in [-0.2, -0.15) is 4.98 Å². The molecule has 0 saturated heterocycles. The monoisotopic (exact) mass is 256 g/mol. The van der Waals surface area contributed by atoms with Gasteiger partial charge < -0.3 is 9.51 Å². The Morgan fingerprint density at radius 2 is 2.50 bits per heavy atom. The van der Waals surface area contributed by atoms with Gasteiger partial charge in [0.25, 0.3) is 0 Å². The maximum Gasteiger partial charge on any atom is 0.240 e. The van der Waals surface area contributed by atoms with Gasteiger partial charge in [0.15, 0.2) is 5.82 Å². The van der Waals surface area contributed by atoms with Gasteiger partial charge >= 0.3 is 0 Å². The number of alkyl halides is 1. The number of aromatic nitrogens is 4. The Hall–Kier alpha value is -1.17. The minimum absolute atomic E-state index is 0.110. The Bertz CT molecular complexity index is 397. The highest BCUT2D eigenvalue weighted by Crippen LogP contribution is 2.25. The number of nitrogens with zero attached hydrogens (tertiary/aromatic N) is 3. The molecule has 0 amide bonds. The highest BCUT2D eigenvalue weighted by Gasteiger charge is 2.15. The van der Waals surface area contributed by atoms with E-state index in [0.717, 1.165) is 6.42 Å². The number of halogens is 1. The van der Waals surface area contributed by atoms with Crippen molar-refractivity contribution in [2.45, 2.75) is 18.2 Å². The molecule has 2 aromatic rings. The fraction of sp³-hybridized carbons (Fsp3) is 0.375. The molecule has 1 N–H and O–H groups in total. The summed E-state index contributed by atoms with van der Waals surface area (Å²) in [6, 6.07) is 0. The highest BCUT2D eigenvalue weighted by atomic mass is 79.9. The summed E-state index contributed by atoms with van der Waals surface area (Å²) >= 11 is 3.43. The van der Waals surface area contributed by atoms with Crippen LogP contribution in [0.1, 0.15) is 24.1 Å². The minimum atomic E-state index is 0.110. The van der Waals surface area contributed by atoms with E-state index in [9.17, 15) is 0 Å². The first kappa shape index (κ1) is 9.39. The van der Waals surface area contributed by atoms with Crippen LogP contribution in [0.2, 0.25) is 0 Å². The largest absolute Gasteiger partial charge is 0.342 e. The van der Waals surface area contributed by atoms with Crippen molar-refractivity contribution in [2.24, 2.45) is 0 Å². The van der Waals surface area contributed by atoms with Crippen LogP contribution in [0, 0.1) is 0 Å². The lowest BCUT2D eigenvalue weighted by Crippen LogP contribution is -1.88. The normalized spacial score (nSPS) is 13.0. The number of aromatic amines is 1. The van der Waals surface area contributed by atoms with Crippen molar-refractivity contribution in [2.75, 3.05) is 0 Å². The van der Waals surface area contributed by atoms with E-state index in [2.05, 4.69) is 36.0 Å². The Morgan fingerprint density at radius 1 is 1.64 bits per heavy atom. The molecule has 0 aliphatic carbocycles. The van der Waals surface area contributed by atoms with Crippen LogP contribution >= 0.6 is 15.9 Å². The van der Waals surface area contributed by atoms with E-state index in [-0.39, 0.29) is 4.83 Å². The summed E-state index contributed by atoms with van der Waals surface area (Å²) < 4.78 is 5.07. The first-order chi connectivity index (χ1) is 6.81. The first-order valence-corrected chi connectivity index (χ1v) is 5.20. The summed E-state index contributed by atoms with van der Waals surface area (Å²) in [4.78, 5) is 11.3. The average molecular weight is 257 g/mol. The molecular weight excluding hydrogens is 248 g/mol. The smallest absolute Gasteiger partial charge is 0.240 e. The van der Waals surface area contributed by atoms with E-state index < -0.39 is 0 Å². The summed E-state index contributed by atoms with van der Waals surface area (Å²) in [6.45, 7) is 2.04. The number of nitrogens with one attached hydrogen (secondary N) is 1. The molecule has 14 heavy (non-hydrogen) atoms. The number of hydrogen-bond acceptors (Lipinski definition) is 4. The molecule has 74 valence electrons. The quantitative estimate of drug-likeness (QED) is 0.856. The lowest BCUT2D eigenvalue weighted by Gasteiger charge is -1.96. The molecule has 0 aliphatic rings. The molecule has 0 aromatic carbocycles. The second-order valence-electron chi connectivity index (χ2n) is 2.77. The molecular formula is C8H9BrN4O. The molecule has 5 nitrogen and oxygen atoms in total. The summed E-state index contributed by atoms with van der Waals surface area (Å²) in [5.41, 5.74) is 0. The molecule has 0 fully saturated rings. The van der Waals surface area contributed by atoms with Crippen molar-refractivity contribution in [1.82, 2.24) is 20.1 Å². The third kappa shape index (κ3) is 1.70. The summed E-state index contributed by atoms with van der Waals surface area (Å²) in [6.07, 6.45) is 4.27. The van der Waals surface area contributed by atoms with Gasteiger partial charge in [-0.15, -0.1) is 0 Å². The van der Waals surface area contributed by atoms with Gasteiger partial charge in [-0.1, -0.05) is 28.0 Å². The van der Waals surface area contributed by atoms with Crippen LogP contribution in [0.25, 0.3) is 11.6 Å². The van der Waals surface area contributed by atoms with Crippen molar-refractivity contribution in [3.05, 3.63) is 18.3 Å². The van der Waals surface area contributed by atoms with E-state index in [1.54, 1.807) is 12.4 Å². The topological polar surface area (TPSA) is 67.6 Å². The number of H-pyrrole nitrogens is 1. The highest BCUT2D eigenvalue weighted by molar-refractivity contribution is 9.09. The number of rotatable bonds is 3. The molecule has 0 radical (unpaired) electrons. The average Bonchev–Trinajstić information content (AvgIpc) is 2.86. The Balaban J connectivity index is 2.26. The molecule has 2 heterocycles. The van der Waals surface area contributed by atoms with Crippen LogP contribution < -0.4 is 0 Å². The Labute approximate surface area is 89.1 Å². The van der Waals surface area contributed by atoms with E-state index in [0.29, 0.717) is 17.5 Å². The maximum absolute atomic E-state index is 5.07. The summed E-state index contributed by atoms with van der Waals surface area (Å²) in [5.74, 6) is 1.69. The Morgan fingerprint density at radius 3 is 3.14 bits per heavy atom. The van der Waals surface area contributed by atoms with Crippen molar-refractivity contribution < 1.29 is 4.52 Å². The maximum atomic E-state index is 5.07. The molecule has 0 bridgehead atoms. The Kier molecular flexibility index (Phi) is 2.62. The first-order valence-electron chi connectivity index (χ1n) is 4.28. The predicted octanol–water partition coefficient (Wildman–Crippen LogP) is 2.31. The van der Waals surface area contributed by atoms with Gasteiger partial charge in [0, 0.05) is 12.4 Å². The van der Waals surface area contributed by atoms with Crippen molar-refractivity contribution in [1.29, 1.82) is 0 Å². The van der Waals surface area contributed by atoms with E-state index >= 15 is 0 Å². The predicted molar refractivity (Wildman–Crippen MR) is 53.8 cm³/mol. The van der Waals surface area contributed by atoms with Crippen LogP contribution in [-0.4, -0.2) is 20.1 Å². The van der Waals surface area contributed by atoms with Crippen molar-refractivity contribution in [3.8, 4) is 11.6 Å². The second-order valence-corrected chi connectivity index (χ2v) is 3.88. The van der Waals surface area contributed by atoms with Crippen LogP contribution in [0.3, 0.4) is 0 Å². The van der Waals surface area contributed by atoms with Crippen LogP contribution in [0.4, 0.5) is 0 Å². The standard InChI is InChI=1S/C8H9BrN4O/c1-2-5(9)8-12-7(13-14-8)6-10-3-4-11-6/h3-5H,2H2,1H3,(H,10,11). The molecule has 2 rings (SSSR count). The van der Waals surface area contributed by atoms with Gasteiger partial charge in [0.1, 0.15) is 0 Å². The van der Waals surface area contributed by atoms with E-state index in [4.69, 9.17) is 4.52 Å². The van der Waals surface area contributed by atoms with E-state index in [1.807, 2.05) is 6.92 Å². The third-order valence-electron chi connectivity index (χ3n) is 1.78. The zero-order valence-corrected chi connectivity index (χ0v) is 9.15. The van der Waals surface area contributed by atoms with Crippen LogP contribution in [-0.2, 0) is 0 Å². The molecule has 6 heteroatoms. The van der Waals surface area contributed by atoms with Crippen molar-refractivity contribution in [3.63, 3.8) is 0 Å². The lowest BCUT2D eigenvalue weighted by molar-refractivity contribution is 0.376.